The molecule has 0 unspecified atom stereocenters. The van der Waals surface area contributed by atoms with Gasteiger partial charge in [-0.25, -0.2) is 0 Å². The number of nitrogens with zero attached hydrogens (tertiary/aromatic N) is 4. The molecule has 4 aromatic carbocycles. The summed E-state index contributed by atoms with van der Waals surface area (Å²) in [5.74, 6) is 0. The minimum atomic E-state index is -4.82. The van der Waals surface area contributed by atoms with E-state index in [2.05, 4.69) is 0 Å². The second-order valence-corrected chi connectivity index (χ2v) is 25.3. The Morgan fingerprint density at radius 1 is 0.348 bits per heavy atom. The van der Waals surface area contributed by atoms with Crippen LogP contribution in [0.15, 0.2) is 167 Å². The standard InChI is InChI=1S/C48H24F12N4.ClH.Tl/c49-45(50,51)29-9-1-25(2-10-29)41-33-17-19-35(61-33)42(26-3-11-30(12-4-26)46(52,53)54)37-21-23-39(63-37)44(28-7-15-32(16-8-28)48(58,59)60)40-24-22-38(64-40)43(36-20-18-34(41)62-36)27-5-13-31(14-6-27)47(55,56)57;;/h1-24H;1H;/q-2;;+3/p-1. The number of alkyl halides is 12. The third-order valence-electron chi connectivity index (χ3n) is 11.6. The molecule has 0 radical (unpaired) electrons. The molecule has 10 rings (SSSR count). The van der Waals surface area contributed by atoms with Gasteiger partial charge in [0, 0.05) is 0 Å². The predicted octanol–water partition coefficient (Wildman–Crippen LogP) is 12.0. The van der Waals surface area contributed by atoms with E-state index >= 15 is 0 Å². The third-order valence-corrected chi connectivity index (χ3v) is 22.7. The van der Waals surface area contributed by atoms with Crippen LogP contribution in [0.5, 0.6) is 0 Å². The maximum absolute atomic E-state index is 13.9. The van der Waals surface area contributed by atoms with Gasteiger partial charge in [-0.2, -0.15) is 0 Å². The van der Waals surface area contributed by atoms with Crippen molar-refractivity contribution in [3.8, 4) is 0 Å². The first-order valence-corrected chi connectivity index (χ1v) is 29.3. The summed E-state index contributed by atoms with van der Waals surface area (Å²) in [4.78, 5) is 9.97. The van der Waals surface area contributed by atoms with E-state index in [1.165, 1.54) is 48.5 Å². The van der Waals surface area contributed by atoms with Crippen LogP contribution in [0.25, 0.3) is 22.3 Å². The van der Waals surface area contributed by atoms with Crippen molar-refractivity contribution < 1.29 is 52.7 Å². The zero-order valence-electron chi connectivity index (χ0n) is 33.1. The van der Waals surface area contributed by atoms with Crippen molar-refractivity contribution in [3.05, 3.63) is 224 Å². The molecule has 0 spiro atoms. The molecule has 330 valence electrons. The van der Waals surface area contributed by atoms with Gasteiger partial charge >= 0.3 is 380 Å². The topological polar surface area (TPSA) is 34.6 Å². The molecule has 4 nitrogen and oxygen atoms in total. The summed E-state index contributed by atoms with van der Waals surface area (Å²) < 4.78 is 171. The first-order chi connectivity index (χ1) is 31.2. The summed E-state index contributed by atoms with van der Waals surface area (Å²) in [6.45, 7) is 0. The van der Waals surface area contributed by atoms with Crippen LogP contribution in [0.1, 0.15) is 55.9 Å². The average Bonchev–Trinajstić information content (AvgIpc) is 4.10. The summed E-state index contributed by atoms with van der Waals surface area (Å²) in [7, 11) is 8.06. The molecule has 0 aliphatic carbocycles. The van der Waals surface area contributed by atoms with E-state index in [0.717, 1.165) is 48.5 Å². The summed E-state index contributed by atoms with van der Waals surface area (Å²) in [5.41, 5.74) is 0.354. The molecule has 6 bridgehead atoms. The number of halogens is 13. The Bertz CT molecular complexity index is 3100. The number of aliphatic imine (C=N–C) groups is 2. The van der Waals surface area contributed by atoms with Crippen LogP contribution < -0.4 is 10.7 Å². The summed E-state index contributed by atoms with van der Waals surface area (Å²) in [5, 5.41) is 0.736. The molecular weight excluding hydrogens is 1100 g/mol. The van der Waals surface area contributed by atoms with E-state index in [1.54, 1.807) is 48.6 Å². The molecule has 4 aliphatic heterocycles. The van der Waals surface area contributed by atoms with E-state index < -0.39 is 69.0 Å². The van der Waals surface area contributed by atoms with Crippen molar-refractivity contribution in [1.82, 2.24) is 4.75 Å². The number of aromatic nitrogens is 2. The van der Waals surface area contributed by atoms with Crippen molar-refractivity contribution in [2.75, 3.05) is 0 Å². The Labute approximate surface area is 378 Å². The minimum absolute atomic E-state index is 0.256. The van der Waals surface area contributed by atoms with Gasteiger partial charge in [0.2, 0.25) is 0 Å². The molecule has 66 heavy (non-hydrogen) atoms. The number of benzene rings is 4. The van der Waals surface area contributed by atoms with Crippen LogP contribution in [0.2, 0.25) is 0 Å². The van der Waals surface area contributed by atoms with Gasteiger partial charge < -0.3 is 0 Å². The fourth-order valence-corrected chi connectivity index (χ4v) is 20.1. The summed E-state index contributed by atoms with van der Waals surface area (Å²) in [6, 6.07) is 24.1. The van der Waals surface area contributed by atoms with Crippen molar-refractivity contribution >= 4 is 64.1 Å². The second kappa shape index (κ2) is 15.5. The van der Waals surface area contributed by atoms with Gasteiger partial charge in [-0.15, -0.1) is 0 Å². The van der Waals surface area contributed by atoms with Crippen LogP contribution in [-0.4, -0.2) is 38.3 Å². The Morgan fingerprint density at radius 3 is 0.924 bits per heavy atom. The van der Waals surface area contributed by atoms with E-state index in [1.807, 2.05) is 4.75 Å². The molecule has 6 aromatic rings. The molecule has 0 N–H and O–H groups in total. The van der Waals surface area contributed by atoms with Gasteiger partial charge in [-0.05, 0) is 0 Å². The molecule has 18 heteroatoms. The Morgan fingerprint density at radius 2 is 0.636 bits per heavy atom. The molecule has 0 saturated heterocycles. The quantitative estimate of drug-likeness (QED) is 0.125. The SMILES string of the molecule is FC(F)(F)c1ccc(C2=C3C=CC(=N3)C(c3ccc(C(F)(F)F)cc3)=c3ccc4[n]3[Tl]([Cl])[n]3c2ccc3C(c2ccc(C(F)(F)F)cc2)=C2C=CC(=N2)C=4c2ccc(C(F)(F)F)cc2)cc1. The Hall–Kier alpha value is -6.15. The molecule has 6 heterocycles. The van der Waals surface area contributed by atoms with Gasteiger partial charge in [0.25, 0.3) is 0 Å². The first-order valence-electron chi connectivity index (χ1n) is 19.7. The van der Waals surface area contributed by atoms with E-state index in [4.69, 9.17) is 18.3 Å². The van der Waals surface area contributed by atoms with Crippen LogP contribution in [0, 0.1) is 0 Å². The van der Waals surface area contributed by atoms with Gasteiger partial charge in [-0.1, -0.05) is 0 Å². The van der Waals surface area contributed by atoms with E-state index in [9.17, 15) is 52.7 Å². The fourth-order valence-electron chi connectivity index (χ4n) is 8.58. The molecule has 0 fully saturated rings. The molecule has 0 saturated carbocycles. The Balaban J connectivity index is 1.37. The third kappa shape index (κ3) is 7.50. The normalized spacial score (nSPS) is 16.1. The fraction of sp³-hybridized carbons (Fsp3) is 0.0833. The van der Waals surface area contributed by atoms with E-state index in [0.29, 0.717) is 44.4 Å². The maximum atomic E-state index is 13.9. The molecule has 2 aromatic heterocycles. The van der Waals surface area contributed by atoms with Crippen molar-refractivity contribution in [2.24, 2.45) is 9.98 Å². The summed E-state index contributed by atoms with van der Waals surface area (Å²) in [6.07, 6.45) is -12.3. The molecule has 0 atom stereocenters. The number of fused-ring (bicyclic) bond motifs is 2. The van der Waals surface area contributed by atoms with Crippen LogP contribution in [-0.2, 0) is 24.7 Å². The average molecular weight is 1120 g/mol. The van der Waals surface area contributed by atoms with Crippen molar-refractivity contribution in [2.45, 2.75) is 24.7 Å². The van der Waals surface area contributed by atoms with Crippen LogP contribution in [0.4, 0.5) is 52.7 Å². The van der Waals surface area contributed by atoms with Crippen LogP contribution >= 0.6 is 8.32 Å². The number of allylic oxidation sites excluding steroid dienone is 4. The molecular formula is C48H24ClF12N4Tl. The number of hydrogen-bond donors (Lipinski definition) is 0. The Kier molecular flexibility index (Phi) is 10.2. The van der Waals surface area contributed by atoms with Crippen molar-refractivity contribution in [3.63, 3.8) is 0 Å². The van der Waals surface area contributed by atoms with Crippen molar-refractivity contribution in [1.29, 1.82) is 0 Å². The molecule has 4 aliphatic rings. The summed E-state index contributed by atoms with van der Waals surface area (Å²) >= 11 is -4.82. The second-order valence-electron chi connectivity index (χ2n) is 15.5. The number of hydrogen-bond acceptors (Lipinski definition) is 2. The predicted molar refractivity (Wildman–Crippen MR) is 227 cm³/mol. The van der Waals surface area contributed by atoms with E-state index in [-0.39, 0.29) is 45.1 Å². The van der Waals surface area contributed by atoms with Gasteiger partial charge in [0.05, 0.1) is 0 Å². The molecule has 0 amide bonds. The first kappa shape index (κ1) is 43.7. The van der Waals surface area contributed by atoms with Gasteiger partial charge in [-0.3, -0.25) is 0 Å². The van der Waals surface area contributed by atoms with Crippen LogP contribution in [0.3, 0.4) is 0 Å². The van der Waals surface area contributed by atoms with Gasteiger partial charge in [0.15, 0.2) is 0 Å². The van der Waals surface area contributed by atoms with Gasteiger partial charge in [0.1, 0.15) is 0 Å². The monoisotopic (exact) mass is 1120 g/mol. The number of rotatable bonds is 4. The zero-order valence-corrected chi connectivity index (χ0v) is 38.4. The zero-order chi connectivity index (χ0) is 46.7.